The Morgan fingerprint density at radius 2 is 2.10 bits per heavy atom. The lowest BCUT2D eigenvalue weighted by atomic mass is 9.91. The first-order valence-corrected chi connectivity index (χ1v) is 7.52. The van der Waals surface area contributed by atoms with Gasteiger partial charge < -0.3 is 4.74 Å². The summed E-state index contributed by atoms with van der Waals surface area (Å²) in [6.45, 7) is 5.30. The Balaban J connectivity index is 2.00. The molecular weight excluding hydrogens is 274 g/mol. The van der Waals surface area contributed by atoms with Crippen molar-refractivity contribution in [1.29, 1.82) is 0 Å². The van der Waals surface area contributed by atoms with Crippen LogP contribution in [0, 0.1) is 5.41 Å². The zero-order valence-electron chi connectivity index (χ0n) is 11.6. The van der Waals surface area contributed by atoms with Crippen LogP contribution in [0.4, 0.5) is 0 Å². The number of hydrogen-bond donors (Lipinski definition) is 0. The van der Waals surface area contributed by atoms with Gasteiger partial charge in [0, 0.05) is 4.70 Å². The molecule has 0 spiro atoms. The first-order valence-electron chi connectivity index (χ1n) is 6.71. The topological polar surface area (TPSA) is 48.3 Å². The van der Waals surface area contributed by atoms with Gasteiger partial charge in [0.2, 0.25) is 0 Å². The summed E-state index contributed by atoms with van der Waals surface area (Å²) in [5, 5.41) is 0.606. The second kappa shape index (κ2) is 4.82. The van der Waals surface area contributed by atoms with Gasteiger partial charge in [0.15, 0.2) is 0 Å². The average Bonchev–Trinajstić information content (AvgIpc) is 2.74. The van der Waals surface area contributed by atoms with Gasteiger partial charge in [-0.1, -0.05) is 37.3 Å². The molecule has 2 aromatic rings. The Morgan fingerprint density at radius 1 is 1.35 bits per heavy atom. The second-order valence-corrected chi connectivity index (χ2v) is 7.07. The summed E-state index contributed by atoms with van der Waals surface area (Å²) in [6, 6.07) is 7.23. The third-order valence-corrected chi connectivity index (χ3v) is 4.63. The van der Waals surface area contributed by atoms with Gasteiger partial charge in [-0.3, -0.25) is 14.2 Å². The molecule has 1 aliphatic rings. The summed E-state index contributed by atoms with van der Waals surface area (Å²) >= 11 is 1.12. The van der Waals surface area contributed by atoms with E-state index in [1.54, 1.807) is 6.07 Å². The number of hydrogen-bond acceptors (Lipinski definition) is 4. The van der Waals surface area contributed by atoms with Crippen LogP contribution in [-0.4, -0.2) is 17.3 Å². The zero-order chi connectivity index (χ0) is 14.3. The van der Waals surface area contributed by atoms with Crippen molar-refractivity contribution in [1.82, 2.24) is 4.57 Å². The van der Waals surface area contributed by atoms with E-state index in [4.69, 9.17) is 4.74 Å². The molecule has 0 amide bonds. The van der Waals surface area contributed by atoms with Gasteiger partial charge in [0.05, 0.1) is 24.6 Å². The molecule has 1 aromatic carbocycles. The molecule has 1 atom stereocenters. The highest BCUT2D eigenvalue weighted by atomic mass is 32.1. The molecule has 3 rings (SSSR count). The molecule has 1 aromatic heterocycles. The van der Waals surface area contributed by atoms with Crippen molar-refractivity contribution in [3.8, 4) is 0 Å². The van der Waals surface area contributed by atoms with E-state index in [1.807, 2.05) is 18.2 Å². The van der Waals surface area contributed by atoms with Crippen LogP contribution in [0.2, 0.25) is 0 Å². The second-order valence-electron chi connectivity index (χ2n) is 6.08. The minimum atomic E-state index is -0.211. The van der Waals surface area contributed by atoms with E-state index in [0.29, 0.717) is 18.5 Å². The summed E-state index contributed by atoms with van der Waals surface area (Å²) in [5.41, 5.74) is -0.0879. The predicted octanol–water partition coefficient (Wildman–Crippen LogP) is 2.24. The van der Waals surface area contributed by atoms with E-state index < -0.39 is 0 Å². The molecule has 0 aliphatic carbocycles. The third-order valence-electron chi connectivity index (χ3n) is 3.66. The minimum absolute atomic E-state index is 0.0521. The van der Waals surface area contributed by atoms with E-state index in [9.17, 15) is 9.59 Å². The maximum Gasteiger partial charge on any atom is 0.310 e. The van der Waals surface area contributed by atoms with Crippen molar-refractivity contribution in [2.75, 3.05) is 6.61 Å². The molecule has 20 heavy (non-hydrogen) atoms. The molecule has 0 radical (unpaired) electrons. The van der Waals surface area contributed by atoms with Crippen molar-refractivity contribution in [3.05, 3.63) is 44.3 Å². The Morgan fingerprint density at radius 3 is 2.80 bits per heavy atom. The first kappa shape index (κ1) is 13.5. The van der Waals surface area contributed by atoms with Crippen molar-refractivity contribution in [2.24, 2.45) is 5.41 Å². The maximum absolute atomic E-state index is 12.4. The lowest BCUT2D eigenvalue weighted by molar-refractivity contribution is 0.0868. The van der Waals surface area contributed by atoms with Crippen LogP contribution in [-0.2, 0) is 11.3 Å². The molecule has 0 N–H and O–H groups in total. The fourth-order valence-corrected chi connectivity index (χ4v) is 3.53. The highest BCUT2D eigenvalue weighted by Gasteiger charge is 2.32. The lowest BCUT2D eigenvalue weighted by Crippen LogP contribution is -2.35. The lowest BCUT2D eigenvalue weighted by Gasteiger charge is -2.14. The molecule has 0 saturated carbocycles. The maximum atomic E-state index is 12.4. The van der Waals surface area contributed by atoms with E-state index in [-0.39, 0.29) is 22.0 Å². The molecule has 2 heterocycles. The quantitative estimate of drug-likeness (QED) is 0.852. The van der Waals surface area contributed by atoms with Gasteiger partial charge in [0.25, 0.3) is 5.56 Å². The smallest absolute Gasteiger partial charge is 0.310 e. The Kier molecular flexibility index (Phi) is 3.26. The number of aromatic nitrogens is 1. The summed E-state index contributed by atoms with van der Waals surface area (Å²) in [7, 11) is 0. The number of fused-ring (bicyclic) bond motifs is 1. The van der Waals surface area contributed by atoms with Gasteiger partial charge in [-0.25, -0.2) is 0 Å². The van der Waals surface area contributed by atoms with E-state index >= 15 is 0 Å². The van der Waals surface area contributed by atoms with Crippen LogP contribution in [0.15, 0.2) is 33.9 Å². The third kappa shape index (κ3) is 2.43. The fourth-order valence-electron chi connectivity index (χ4n) is 2.67. The normalized spacial score (nSPS) is 21.4. The SMILES string of the molecule is CC1(C)COC(Cn2c(=O)sc3ccccc3c2=O)C1. The molecule has 1 fully saturated rings. The van der Waals surface area contributed by atoms with Crippen molar-refractivity contribution in [2.45, 2.75) is 32.9 Å². The van der Waals surface area contributed by atoms with Gasteiger partial charge in [-0.2, -0.15) is 0 Å². The largest absolute Gasteiger partial charge is 0.376 e. The van der Waals surface area contributed by atoms with Crippen LogP contribution >= 0.6 is 11.3 Å². The van der Waals surface area contributed by atoms with Gasteiger partial charge in [0.1, 0.15) is 0 Å². The van der Waals surface area contributed by atoms with E-state index in [2.05, 4.69) is 13.8 Å². The van der Waals surface area contributed by atoms with Crippen LogP contribution in [0.3, 0.4) is 0 Å². The van der Waals surface area contributed by atoms with Crippen LogP contribution in [0.5, 0.6) is 0 Å². The van der Waals surface area contributed by atoms with Gasteiger partial charge >= 0.3 is 4.87 Å². The zero-order valence-corrected chi connectivity index (χ0v) is 12.4. The highest BCUT2D eigenvalue weighted by molar-refractivity contribution is 7.16. The van der Waals surface area contributed by atoms with Gasteiger partial charge in [-0.15, -0.1) is 0 Å². The number of benzene rings is 1. The molecule has 1 aliphatic heterocycles. The Hall–Kier alpha value is -1.46. The summed E-state index contributed by atoms with van der Waals surface area (Å²) < 4.78 is 7.76. The number of ether oxygens (including phenoxy) is 1. The van der Waals surface area contributed by atoms with Crippen molar-refractivity contribution < 1.29 is 4.74 Å². The molecule has 1 unspecified atom stereocenters. The summed E-state index contributed by atoms with van der Waals surface area (Å²) in [6.07, 6.45) is 0.819. The number of nitrogens with zero attached hydrogens (tertiary/aromatic N) is 1. The minimum Gasteiger partial charge on any atom is -0.376 e. The Bertz CT molecular complexity index is 760. The van der Waals surface area contributed by atoms with Crippen LogP contribution in [0.25, 0.3) is 10.1 Å². The molecule has 1 saturated heterocycles. The summed E-state index contributed by atoms with van der Waals surface area (Å²) in [5.74, 6) is 0. The molecule has 5 heteroatoms. The predicted molar refractivity (Wildman–Crippen MR) is 80.5 cm³/mol. The number of rotatable bonds is 2. The summed E-state index contributed by atoms with van der Waals surface area (Å²) in [4.78, 5) is 24.3. The van der Waals surface area contributed by atoms with Crippen molar-refractivity contribution >= 4 is 21.4 Å². The molecule has 4 nitrogen and oxygen atoms in total. The van der Waals surface area contributed by atoms with Crippen molar-refractivity contribution in [3.63, 3.8) is 0 Å². The average molecular weight is 291 g/mol. The first-order chi connectivity index (χ1) is 9.46. The molecular formula is C15H17NO3S. The van der Waals surface area contributed by atoms with E-state index in [0.717, 1.165) is 22.5 Å². The molecule has 106 valence electrons. The standard InChI is InChI=1S/C15H17NO3S/c1-15(2)7-10(19-9-15)8-16-13(17)11-5-3-4-6-12(11)20-14(16)18/h3-6,10H,7-9H2,1-2H3. The monoisotopic (exact) mass is 291 g/mol. The van der Waals surface area contributed by atoms with Crippen LogP contribution < -0.4 is 10.4 Å². The van der Waals surface area contributed by atoms with E-state index in [1.165, 1.54) is 4.57 Å². The Labute approximate surface area is 120 Å². The fraction of sp³-hybridized carbons (Fsp3) is 0.467. The highest BCUT2D eigenvalue weighted by Crippen LogP contribution is 2.31. The van der Waals surface area contributed by atoms with Gasteiger partial charge in [-0.05, 0) is 24.0 Å². The van der Waals surface area contributed by atoms with Crippen LogP contribution in [0.1, 0.15) is 20.3 Å². The molecule has 0 bridgehead atoms.